The Morgan fingerprint density at radius 3 is 2.07 bits per heavy atom. The van der Waals surface area contributed by atoms with Crippen LogP contribution in [0.25, 0.3) is 0 Å². The molecule has 0 aromatic heterocycles. The van der Waals surface area contributed by atoms with Crippen LogP contribution in [0.15, 0.2) is 24.3 Å². The van der Waals surface area contributed by atoms with Gasteiger partial charge in [-0.05, 0) is 44.0 Å². The fourth-order valence-electron chi connectivity index (χ4n) is 3.28. The molecule has 27 heavy (non-hydrogen) atoms. The second-order valence-electron chi connectivity index (χ2n) is 6.72. The van der Waals surface area contributed by atoms with Crippen LogP contribution < -0.4 is 0 Å². The number of amides is 1. The number of ether oxygens (including phenoxy) is 2. The van der Waals surface area contributed by atoms with Crippen LogP contribution in [-0.2, 0) is 14.3 Å². The normalized spacial score (nSPS) is 16.5. The molecule has 1 aliphatic rings. The molecule has 0 spiro atoms. The summed E-state index contributed by atoms with van der Waals surface area (Å²) in [7, 11) is 2.86. The van der Waals surface area contributed by atoms with Crippen LogP contribution in [0.4, 0.5) is 0 Å². The highest BCUT2D eigenvalue weighted by molar-refractivity contribution is 5.94. The molecule has 1 saturated carbocycles. The van der Waals surface area contributed by atoms with Crippen molar-refractivity contribution in [1.29, 1.82) is 5.26 Å². The SMILES string of the molecule is COC(=O)c1ccc(C(=O)O[C@H](C)C(=O)N(C)C2(C#N)CCCCC2)cc1. The van der Waals surface area contributed by atoms with Gasteiger partial charge in [0.05, 0.1) is 24.3 Å². The van der Waals surface area contributed by atoms with Crippen LogP contribution >= 0.6 is 0 Å². The number of nitriles is 1. The van der Waals surface area contributed by atoms with Crippen molar-refractivity contribution in [2.24, 2.45) is 0 Å². The fraction of sp³-hybridized carbons (Fsp3) is 0.500. The Morgan fingerprint density at radius 1 is 1.07 bits per heavy atom. The molecule has 0 unspecified atom stereocenters. The van der Waals surface area contributed by atoms with Gasteiger partial charge in [0, 0.05) is 7.05 Å². The average Bonchev–Trinajstić information content (AvgIpc) is 2.72. The summed E-state index contributed by atoms with van der Waals surface area (Å²) >= 11 is 0. The Morgan fingerprint density at radius 2 is 1.59 bits per heavy atom. The Bertz CT molecular complexity index is 745. The number of hydrogen-bond acceptors (Lipinski definition) is 6. The largest absolute Gasteiger partial charge is 0.465 e. The van der Waals surface area contributed by atoms with E-state index in [0.29, 0.717) is 18.4 Å². The molecule has 7 nitrogen and oxygen atoms in total. The lowest BCUT2D eigenvalue weighted by Crippen LogP contribution is -2.53. The van der Waals surface area contributed by atoms with Gasteiger partial charge in [-0.1, -0.05) is 19.3 Å². The number of hydrogen-bond donors (Lipinski definition) is 0. The van der Waals surface area contributed by atoms with E-state index in [-0.39, 0.29) is 5.56 Å². The summed E-state index contributed by atoms with van der Waals surface area (Å²) in [5, 5.41) is 9.60. The van der Waals surface area contributed by atoms with Gasteiger partial charge >= 0.3 is 11.9 Å². The summed E-state index contributed by atoms with van der Waals surface area (Å²) in [6.45, 7) is 1.49. The number of rotatable bonds is 5. The minimum absolute atomic E-state index is 0.220. The van der Waals surface area contributed by atoms with Gasteiger partial charge in [-0.2, -0.15) is 5.26 Å². The van der Waals surface area contributed by atoms with Crippen molar-refractivity contribution in [3.05, 3.63) is 35.4 Å². The van der Waals surface area contributed by atoms with E-state index in [1.54, 1.807) is 7.05 Å². The van der Waals surface area contributed by atoms with Crippen molar-refractivity contribution in [3.63, 3.8) is 0 Å². The van der Waals surface area contributed by atoms with E-state index in [4.69, 9.17) is 4.74 Å². The van der Waals surface area contributed by atoms with Crippen molar-refractivity contribution >= 4 is 17.8 Å². The van der Waals surface area contributed by atoms with E-state index >= 15 is 0 Å². The third-order valence-electron chi connectivity index (χ3n) is 5.03. The molecule has 1 atom stereocenters. The lowest BCUT2D eigenvalue weighted by atomic mass is 9.81. The van der Waals surface area contributed by atoms with Crippen molar-refractivity contribution in [1.82, 2.24) is 4.90 Å². The van der Waals surface area contributed by atoms with Crippen LogP contribution in [0, 0.1) is 11.3 Å². The molecule has 0 radical (unpaired) electrons. The van der Waals surface area contributed by atoms with Gasteiger partial charge in [0.25, 0.3) is 5.91 Å². The number of carbonyl (C=O) groups excluding carboxylic acids is 3. The van der Waals surface area contributed by atoms with E-state index in [2.05, 4.69) is 10.8 Å². The number of benzene rings is 1. The van der Waals surface area contributed by atoms with Crippen LogP contribution in [0.3, 0.4) is 0 Å². The molecular weight excluding hydrogens is 348 g/mol. The second kappa shape index (κ2) is 8.67. The number of carbonyl (C=O) groups is 3. The molecule has 1 fully saturated rings. The van der Waals surface area contributed by atoms with E-state index in [0.717, 1.165) is 19.3 Å². The van der Waals surface area contributed by atoms with E-state index in [1.807, 2.05) is 0 Å². The quantitative estimate of drug-likeness (QED) is 0.737. The Balaban J connectivity index is 2.03. The van der Waals surface area contributed by atoms with Crippen LogP contribution in [0.5, 0.6) is 0 Å². The topological polar surface area (TPSA) is 96.7 Å². The van der Waals surface area contributed by atoms with Crippen molar-refractivity contribution in [2.45, 2.75) is 50.7 Å². The molecule has 2 rings (SSSR count). The van der Waals surface area contributed by atoms with Crippen molar-refractivity contribution in [3.8, 4) is 6.07 Å². The first-order chi connectivity index (χ1) is 12.8. The monoisotopic (exact) mass is 372 g/mol. The Hall–Kier alpha value is -2.88. The Labute approximate surface area is 158 Å². The highest BCUT2D eigenvalue weighted by atomic mass is 16.5. The molecule has 0 N–H and O–H groups in total. The summed E-state index contributed by atoms with van der Waals surface area (Å²) in [5.74, 6) is -1.58. The van der Waals surface area contributed by atoms with E-state index in [1.165, 1.54) is 43.2 Å². The minimum atomic E-state index is -1.02. The third-order valence-corrected chi connectivity index (χ3v) is 5.03. The number of esters is 2. The number of methoxy groups -OCH3 is 1. The zero-order valence-electron chi connectivity index (χ0n) is 15.9. The van der Waals surface area contributed by atoms with Gasteiger partial charge in [0.1, 0.15) is 5.54 Å². The molecule has 1 aromatic rings. The van der Waals surface area contributed by atoms with Gasteiger partial charge in [0.15, 0.2) is 6.10 Å². The lowest BCUT2D eigenvalue weighted by Gasteiger charge is -2.39. The predicted octanol–water partition coefficient (Wildman–Crippen LogP) is 2.70. The van der Waals surface area contributed by atoms with Gasteiger partial charge in [-0.15, -0.1) is 0 Å². The first-order valence-corrected chi connectivity index (χ1v) is 8.93. The highest BCUT2D eigenvalue weighted by Gasteiger charge is 2.40. The molecular formula is C20H24N2O5. The summed E-state index contributed by atoms with van der Waals surface area (Å²) in [4.78, 5) is 37.8. The molecule has 1 aliphatic carbocycles. The maximum atomic E-state index is 12.7. The van der Waals surface area contributed by atoms with Crippen molar-refractivity contribution < 1.29 is 23.9 Å². The molecule has 7 heteroatoms. The first kappa shape index (κ1) is 20.4. The standard InChI is InChI=1S/C20H24N2O5/c1-14(17(23)22(2)20(13-21)11-5-4-6-12-20)27-19(25)16-9-7-15(8-10-16)18(24)26-3/h7-10,14H,4-6,11-12H2,1-3H3/t14-/m1/s1. The molecule has 144 valence electrons. The number of nitrogens with zero attached hydrogens (tertiary/aromatic N) is 2. The Kier molecular flexibility index (Phi) is 6.56. The summed E-state index contributed by atoms with van der Waals surface area (Å²) in [5.41, 5.74) is -0.304. The smallest absolute Gasteiger partial charge is 0.338 e. The zero-order valence-corrected chi connectivity index (χ0v) is 15.9. The third kappa shape index (κ3) is 4.45. The van der Waals surface area contributed by atoms with Gasteiger partial charge in [-0.3, -0.25) is 4.79 Å². The predicted molar refractivity (Wildman–Crippen MR) is 96.9 cm³/mol. The van der Waals surface area contributed by atoms with Crippen LogP contribution in [0.2, 0.25) is 0 Å². The average molecular weight is 372 g/mol. The zero-order chi connectivity index (χ0) is 20.0. The maximum absolute atomic E-state index is 12.7. The van der Waals surface area contributed by atoms with Crippen LogP contribution in [-0.4, -0.2) is 48.5 Å². The molecule has 0 saturated heterocycles. The molecule has 0 heterocycles. The summed E-state index contributed by atoms with van der Waals surface area (Å²) in [6, 6.07) is 8.06. The molecule has 1 amide bonds. The van der Waals surface area contributed by atoms with Crippen molar-refractivity contribution in [2.75, 3.05) is 14.2 Å². The number of likely N-dealkylation sites (N-methyl/N-ethyl adjacent to an activating group) is 1. The fourth-order valence-corrected chi connectivity index (χ4v) is 3.28. The second-order valence-corrected chi connectivity index (χ2v) is 6.72. The first-order valence-electron chi connectivity index (χ1n) is 8.93. The minimum Gasteiger partial charge on any atom is -0.465 e. The van der Waals surface area contributed by atoms with Gasteiger partial charge in [0.2, 0.25) is 0 Å². The molecule has 0 bridgehead atoms. The summed E-state index contributed by atoms with van der Waals surface area (Å²) in [6.07, 6.45) is 3.08. The highest BCUT2D eigenvalue weighted by Crippen LogP contribution is 2.33. The van der Waals surface area contributed by atoms with Gasteiger partial charge in [-0.25, -0.2) is 9.59 Å². The van der Waals surface area contributed by atoms with E-state index < -0.39 is 29.5 Å². The molecule has 0 aliphatic heterocycles. The van der Waals surface area contributed by atoms with E-state index in [9.17, 15) is 19.6 Å². The summed E-state index contributed by atoms with van der Waals surface area (Å²) < 4.78 is 9.88. The lowest BCUT2D eigenvalue weighted by molar-refractivity contribution is -0.143. The maximum Gasteiger partial charge on any atom is 0.338 e. The van der Waals surface area contributed by atoms with Gasteiger partial charge < -0.3 is 14.4 Å². The molecule has 1 aromatic carbocycles. The van der Waals surface area contributed by atoms with Crippen LogP contribution in [0.1, 0.15) is 59.7 Å².